The van der Waals surface area contributed by atoms with Crippen molar-refractivity contribution in [3.8, 4) is 0 Å². The highest BCUT2D eigenvalue weighted by Gasteiger charge is 1.93. The van der Waals surface area contributed by atoms with E-state index in [0.717, 1.165) is 0 Å². The molecule has 0 fully saturated rings. The average Bonchev–Trinajstić information content (AvgIpc) is 1.65. The summed E-state index contributed by atoms with van der Waals surface area (Å²) in [4.78, 5) is 0. The lowest BCUT2D eigenvalue weighted by Crippen LogP contribution is -2.15. The van der Waals surface area contributed by atoms with E-state index in [0.29, 0.717) is 0 Å². The summed E-state index contributed by atoms with van der Waals surface area (Å²) in [5.41, 5.74) is 0. The van der Waals surface area contributed by atoms with Crippen molar-refractivity contribution in [1.82, 2.24) is 0 Å². The summed E-state index contributed by atoms with van der Waals surface area (Å²) in [5.74, 6) is 0. The van der Waals surface area contributed by atoms with Crippen LogP contribution < -0.4 is 0 Å². The first-order valence-electron chi connectivity index (χ1n) is 2.15. The fourth-order valence-electron chi connectivity index (χ4n) is 0.0471. The Hall–Kier alpha value is -0.120. The molecule has 0 aromatic carbocycles. The first kappa shape index (κ1) is 4.05. The van der Waals surface area contributed by atoms with Gasteiger partial charge in [-0.25, -0.2) is 0 Å². The topological polar surface area (TPSA) is 60.7 Å². The van der Waals surface area contributed by atoms with Crippen LogP contribution in [0.1, 0.15) is 1.37 Å². The van der Waals surface area contributed by atoms with Crippen LogP contribution in [-0.4, -0.2) is 34.6 Å². The summed E-state index contributed by atoms with van der Waals surface area (Å²) < 4.78 is 6.33. The molecule has 2 atom stereocenters. The second kappa shape index (κ2) is 3.08. The van der Waals surface area contributed by atoms with E-state index in [1.54, 1.807) is 0 Å². The fourth-order valence-corrected chi connectivity index (χ4v) is 0.0471. The van der Waals surface area contributed by atoms with Gasteiger partial charge in [0.15, 0.2) is 0 Å². The molecule has 3 N–H and O–H groups in total. The van der Waals surface area contributed by atoms with Gasteiger partial charge in [0.2, 0.25) is 0 Å². The predicted octanol–water partition coefficient (Wildman–Crippen LogP) is -1.67. The summed E-state index contributed by atoms with van der Waals surface area (Å²) in [5, 5.41) is 24.3. The van der Waals surface area contributed by atoms with E-state index in [1.807, 2.05) is 0 Å². The van der Waals surface area contributed by atoms with Crippen molar-refractivity contribution in [3.05, 3.63) is 0 Å². The van der Waals surface area contributed by atoms with E-state index in [4.69, 9.17) is 16.7 Å². The molecule has 0 bridgehead atoms. The lowest BCUT2D eigenvalue weighted by atomic mass is 11.0. The van der Waals surface area contributed by atoms with E-state index < -0.39 is 19.3 Å². The largest absolute Gasteiger partial charge is 0.394 e. The van der Waals surface area contributed by atoms with Gasteiger partial charge in [-0.3, -0.25) is 0 Å². The summed E-state index contributed by atoms with van der Waals surface area (Å²) >= 11 is 0. The Kier molecular flexibility index (Phi) is 2.08. The van der Waals surface area contributed by atoms with Gasteiger partial charge in [0.1, 0.15) is 6.10 Å². The maximum atomic E-state index is 8.25. The molecular formula is C3H8O3. The molecule has 3 heteroatoms. The average molecular weight is 95.1 g/mol. The smallest absolute Gasteiger partial charge is 0.100 e. The van der Waals surface area contributed by atoms with Gasteiger partial charge >= 0.3 is 0 Å². The summed E-state index contributed by atoms with van der Waals surface area (Å²) in [6.07, 6.45) is -1.32. The Morgan fingerprint density at radius 1 is 1.67 bits per heavy atom. The van der Waals surface area contributed by atoms with Crippen LogP contribution in [0, 0.1) is 0 Å². The quantitative estimate of drug-likeness (QED) is 0.359. The van der Waals surface area contributed by atoms with Gasteiger partial charge in [-0.05, 0) is 0 Å². The van der Waals surface area contributed by atoms with E-state index in [2.05, 4.69) is 0 Å². The molecule has 0 heterocycles. The van der Waals surface area contributed by atoms with Crippen molar-refractivity contribution in [1.29, 1.82) is 0 Å². The molecule has 0 aliphatic heterocycles. The van der Waals surface area contributed by atoms with E-state index in [9.17, 15) is 0 Å². The Bertz CT molecular complexity index is 47.4. The Labute approximate surface area is 37.3 Å². The fraction of sp³-hybridized carbons (Fsp3) is 1.00. The number of hydrogen-bond donors (Lipinski definition) is 3. The van der Waals surface area contributed by atoms with Crippen LogP contribution in [0.2, 0.25) is 0 Å². The molecule has 0 rings (SSSR count). The molecule has 6 heavy (non-hydrogen) atoms. The van der Waals surface area contributed by atoms with Gasteiger partial charge in [-0.2, -0.15) is 0 Å². The molecule has 0 amide bonds. The number of aliphatic hydroxyl groups excluding tert-OH is 3. The second-order valence-corrected chi connectivity index (χ2v) is 0.899. The standard InChI is InChI=1S/C3H8O3/c4-1-3(6)2-5/h3-6H,1-2H2/i1D,2+1,3+1/t1-,3+/m1/s1. The third kappa shape index (κ3) is 2.14. The van der Waals surface area contributed by atoms with Crippen LogP contribution in [0.25, 0.3) is 0 Å². The van der Waals surface area contributed by atoms with Crippen molar-refractivity contribution in [2.45, 2.75) is 6.10 Å². The summed E-state index contributed by atoms with van der Waals surface area (Å²) in [7, 11) is 0. The summed E-state index contributed by atoms with van der Waals surface area (Å²) in [6.45, 7) is -2.14. The highest BCUT2D eigenvalue weighted by atomic mass is 16.5. The van der Waals surface area contributed by atoms with Crippen molar-refractivity contribution >= 4 is 0 Å². The third-order valence-electron chi connectivity index (χ3n) is 0.359. The first-order valence-corrected chi connectivity index (χ1v) is 1.57. The van der Waals surface area contributed by atoms with Gasteiger partial charge in [-0.1, -0.05) is 0 Å². The van der Waals surface area contributed by atoms with Gasteiger partial charge in [0.05, 0.1) is 14.6 Å². The Morgan fingerprint density at radius 2 is 2.17 bits per heavy atom. The van der Waals surface area contributed by atoms with Gasteiger partial charge in [-0.15, -0.1) is 0 Å². The molecular weight excluding hydrogens is 86.0 g/mol. The van der Waals surface area contributed by atoms with E-state index in [1.165, 1.54) is 0 Å². The minimum atomic E-state index is -1.58. The zero-order valence-electron chi connectivity index (χ0n) is 4.20. The van der Waals surface area contributed by atoms with Gasteiger partial charge < -0.3 is 15.3 Å². The molecule has 38 valence electrons. The minimum Gasteiger partial charge on any atom is -0.394 e. The van der Waals surface area contributed by atoms with Crippen molar-refractivity contribution in [3.63, 3.8) is 0 Å². The lowest BCUT2D eigenvalue weighted by molar-refractivity contribution is 0.0450. The zero-order valence-corrected chi connectivity index (χ0v) is 3.20. The maximum absolute atomic E-state index is 8.25. The van der Waals surface area contributed by atoms with E-state index in [-0.39, 0.29) is 0 Å². The van der Waals surface area contributed by atoms with Crippen LogP contribution in [0.5, 0.6) is 0 Å². The summed E-state index contributed by atoms with van der Waals surface area (Å²) in [6, 6.07) is 0. The lowest BCUT2D eigenvalue weighted by Gasteiger charge is -1.96. The highest BCUT2D eigenvalue weighted by Crippen LogP contribution is 1.71. The van der Waals surface area contributed by atoms with Crippen LogP contribution >= 0.6 is 0 Å². The SMILES string of the molecule is [2H][C@@H](O)[13C@H](O)[13CH2]O. The molecule has 0 spiro atoms. The van der Waals surface area contributed by atoms with Crippen LogP contribution in [0.4, 0.5) is 0 Å². The highest BCUT2D eigenvalue weighted by molar-refractivity contribution is 4.43. The van der Waals surface area contributed by atoms with Crippen molar-refractivity contribution < 1.29 is 16.7 Å². The monoisotopic (exact) mass is 95.1 g/mol. The van der Waals surface area contributed by atoms with Gasteiger partial charge in [0, 0.05) is 0 Å². The number of aliphatic hydroxyl groups is 3. The Morgan fingerprint density at radius 3 is 2.17 bits per heavy atom. The minimum absolute atomic E-state index is 0.565. The molecule has 0 aliphatic carbocycles. The van der Waals surface area contributed by atoms with Crippen molar-refractivity contribution in [2.24, 2.45) is 0 Å². The number of hydrogen-bond acceptors (Lipinski definition) is 3. The molecule has 0 unspecified atom stereocenters. The van der Waals surface area contributed by atoms with Crippen molar-refractivity contribution in [2.75, 3.05) is 13.2 Å². The molecule has 0 saturated carbocycles. The third-order valence-corrected chi connectivity index (χ3v) is 0.359. The predicted molar refractivity (Wildman–Crippen MR) is 20.2 cm³/mol. The van der Waals surface area contributed by atoms with E-state index >= 15 is 0 Å². The van der Waals surface area contributed by atoms with Crippen LogP contribution in [0.15, 0.2) is 0 Å². The Balaban J connectivity index is 3.14. The number of rotatable bonds is 2. The second-order valence-electron chi connectivity index (χ2n) is 0.899. The molecule has 0 aromatic rings. The first-order chi connectivity index (χ1) is 3.18. The van der Waals surface area contributed by atoms with Crippen LogP contribution in [0.3, 0.4) is 0 Å². The zero-order chi connectivity index (χ0) is 5.86. The molecule has 3 nitrogen and oxygen atoms in total. The molecule has 0 radical (unpaired) electrons. The van der Waals surface area contributed by atoms with Gasteiger partial charge in [0.25, 0.3) is 0 Å². The molecule has 0 aromatic heterocycles. The maximum Gasteiger partial charge on any atom is 0.100 e. The molecule has 0 aliphatic rings. The van der Waals surface area contributed by atoms with Crippen LogP contribution in [-0.2, 0) is 0 Å². The normalized spacial score (nSPS) is 22.2. The molecule has 0 saturated heterocycles.